The van der Waals surface area contributed by atoms with Crippen LogP contribution in [0, 0.1) is 6.92 Å². The van der Waals surface area contributed by atoms with Gasteiger partial charge in [0.05, 0.1) is 14.3 Å². The third kappa shape index (κ3) is 3.07. The van der Waals surface area contributed by atoms with E-state index in [9.17, 15) is 5.11 Å². The summed E-state index contributed by atoms with van der Waals surface area (Å²) in [5.41, 5.74) is 0.859. The minimum atomic E-state index is -1.21. The molecule has 0 aliphatic carbocycles. The van der Waals surface area contributed by atoms with Gasteiger partial charge in [-0.2, -0.15) is 0 Å². The Kier molecular flexibility index (Phi) is 3.21. The van der Waals surface area contributed by atoms with E-state index in [2.05, 4.69) is 19.6 Å². The first kappa shape index (κ1) is 11.1. The van der Waals surface area contributed by atoms with E-state index in [4.69, 9.17) is 4.74 Å². The van der Waals surface area contributed by atoms with Crippen molar-refractivity contribution in [1.82, 2.24) is 0 Å². The van der Waals surface area contributed by atoms with Gasteiger partial charge in [0.2, 0.25) is 0 Å². The Balaban J connectivity index is 2.73. The zero-order chi connectivity index (χ0) is 10.8. The van der Waals surface area contributed by atoms with Crippen molar-refractivity contribution < 1.29 is 9.84 Å². The fourth-order valence-electron chi connectivity index (χ4n) is 1.04. The number of aromatic hydroxyl groups is 1. The zero-order valence-corrected chi connectivity index (χ0v) is 10.3. The summed E-state index contributed by atoms with van der Waals surface area (Å²) in [4.78, 5) is 0. The monoisotopic (exact) mass is 210 g/mol. The van der Waals surface area contributed by atoms with Crippen molar-refractivity contribution in [2.75, 3.05) is 6.23 Å². The predicted octanol–water partition coefficient (Wildman–Crippen LogP) is 2.96. The van der Waals surface area contributed by atoms with Crippen LogP contribution in [0.3, 0.4) is 0 Å². The number of rotatable bonds is 3. The number of hydrogen-bond donors (Lipinski definition) is 1. The van der Waals surface area contributed by atoms with E-state index in [1.807, 2.05) is 25.1 Å². The zero-order valence-electron chi connectivity index (χ0n) is 9.29. The number of phenols is 1. The topological polar surface area (TPSA) is 29.5 Å². The molecule has 3 heteroatoms. The third-order valence-corrected chi connectivity index (χ3v) is 2.87. The van der Waals surface area contributed by atoms with E-state index in [1.54, 1.807) is 0 Å². The lowest BCUT2D eigenvalue weighted by Gasteiger charge is -2.17. The van der Waals surface area contributed by atoms with E-state index in [1.165, 1.54) is 0 Å². The highest BCUT2D eigenvalue weighted by atomic mass is 28.3. The van der Waals surface area contributed by atoms with Gasteiger partial charge in [-0.05, 0) is 18.6 Å². The molecular weight excluding hydrogens is 192 g/mol. The molecule has 0 amide bonds. The average Bonchev–Trinajstić information content (AvgIpc) is 2.06. The number of para-hydroxylation sites is 1. The summed E-state index contributed by atoms with van der Waals surface area (Å²) >= 11 is 0. The number of ether oxygens (including phenoxy) is 1. The van der Waals surface area contributed by atoms with Gasteiger partial charge >= 0.3 is 0 Å². The smallest absolute Gasteiger partial charge is 0.160 e. The molecule has 78 valence electrons. The van der Waals surface area contributed by atoms with Crippen LogP contribution in [-0.2, 0) is 0 Å². The van der Waals surface area contributed by atoms with Crippen molar-refractivity contribution in [3.63, 3.8) is 0 Å². The first-order valence-electron chi connectivity index (χ1n) is 4.81. The highest BCUT2D eigenvalue weighted by molar-refractivity contribution is 6.76. The Morgan fingerprint density at radius 3 is 2.50 bits per heavy atom. The molecule has 0 saturated heterocycles. The second-order valence-corrected chi connectivity index (χ2v) is 10.2. The lowest BCUT2D eigenvalue weighted by atomic mass is 10.2. The summed E-state index contributed by atoms with van der Waals surface area (Å²) in [6.45, 7) is 8.58. The standard InChI is InChI=1S/C11H18O2Si/c1-9-6-5-7-10(11(9)12)13-8-14(2,3)4/h5-7,12H,8H2,1-4H3. The molecular formula is C11H18O2Si. The first-order chi connectivity index (χ1) is 6.40. The highest BCUT2D eigenvalue weighted by Crippen LogP contribution is 2.29. The molecule has 0 bridgehead atoms. The Morgan fingerprint density at radius 2 is 1.93 bits per heavy atom. The molecule has 0 radical (unpaired) electrons. The first-order valence-corrected chi connectivity index (χ1v) is 8.52. The third-order valence-electron chi connectivity index (χ3n) is 1.86. The second-order valence-electron chi connectivity index (χ2n) is 4.77. The van der Waals surface area contributed by atoms with Crippen LogP contribution in [0.15, 0.2) is 18.2 Å². The molecule has 1 aromatic carbocycles. The molecule has 0 heterocycles. The molecule has 1 aromatic rings. The van der Waals surface area contributed by atoms with Gasteiger partial charge in [0, 0.05) is 0 Å². The Labute approximate surface area is 86.5 Å². The number of aryl methyl sites for hydroxylation is 1. The van der Waals surface area contributed by atoms with E-state index in [0.29, 0.717) is 5.75 Å². The number of benzene rings is 1. The molecule has 0 aliphatic rings. The molecule has 1 N–H and O–H groups in total. The van der Waals surface area contributed by atoms with Crippen LogP contribution in [0.25, 0.3) is 0 Å². The normalized spacial score (nSPS) is 11.4. The number of phenolic OH excluding ortho intramolecular Hbond substituents is 1. The molecule has 0 fully saturated rings. The van der Waals surface area contributed by atoms with Gasteiger partial charge in [0.25, 0.3) is 0 Å². The van der Waals surface area contributed by atoms with Crippen LogP contribution in [0.1, 0.15) is 5.56 Å². The van der Waals surface area contributed by atoms with Crippen LogP contribution in [0.2, 0.25) is 19.6 Å². The minimum absolute atomic E-state index is 0.269. The number of hydrogen-bond acceptors (Lipinski definition) is 2. The maximum Gasteiger partial charge on any atom is 0.160 e. The highest BCUT2D eigenvalue weighted by Gasteiger charge is 2.15. The lowest BCUT2D eigenvalue weighted by molar-refractivity contribution is 0.346. The molecule has 0 aromatic heterocycles. The van der Waals surface area contributed by atoms with Crippen LogP contribution in [0.5, 0.6) is 11.5 Å². The van der Waals surface area contributed by atoms with E-state index < -0.39 is 8.07 Å². The van der Waals surface area contributed by atoms with Gasteiger partial charge in [-0.3, -0.25) is 0 Å². The maximum absolute atomic E-state index is 9.68. The van der Waals surface area contributed by atoms with Crippen LogP contribution in [0.4, 0.5) is 0 Å². The maximum atomic E-state index is 9.68. The molecule has 0 saturated carbocycles. The fourth-order valence-corrected chi connectivity index (χ4v) is 1.63. The van der Waals surface area contributed by atoms with Gasteiger partial charge in [0.15, 0.2) is 11.5 Å². The van der Waals surface area contributed by atoms with Crippen molar-refractivity contribution >= 4 is 8.07 Å². The SMILES string of the molecule is Cc1cccc(OC[Si](C)(C)C)c1O. The van der Waals surface area contributed by atoms with E-state index in [-0.39, 0.29) is 5.75 Å². The van der Waals surface area contributed by atoms with Crippen molar-refractivity contribution in [1.29, 1.82) is 0 Å². The van der Waals surface area contributed by atoms with Crippen LogP contribution >= 0.6 is 0 Å². The van der Waals surface area contributed by atoms with Crippen molar-refractivity contribution in [2.24, 2.45) is 0 Å². The quantitative estimate of drug-likeness (QED) is 0.777. The Morgan fingerprint density at radius 1 is 1.29 bits per heavy atom. The summed E-state index contributed by atoms with van der Waals surface area (Å²) in [5, 5.41) is 9.68. The molecule has 0 atom stereocenters. The van der Waals surface area contributed by atoms with Gasteiger partial charge in [-0.15, -0.1) is 0 Å². The van der Waals surface area contributed by atoms with Gasteiger partial charge in [0.1, 0.15) is 0 Å². The Hall–Kier alpha value is -0.963. The average molecular weight is 210 g/mol. The van der Waals surface area contributed by atoms with Gasteiger partial charge in [-0.25, -0.2) is 0 Å². The predicted molar refractivity (Wildman–Crippen MR) is 61.7 cm³/mol. The molecule has 0 aliphatic heterocycles. The molecule has 0 unspecified atom stereocenters. The second kappa shape index (κ2) is 4.05. The molecule has 1 rings (SSSR count). The van der Waals surface area contributed by atoms with Crippen molar-refractivity contribution in [3.8, 4) is 11.5 Å². The van der Waals surface area contributed by atoms with Crippen LogP contribution < -0.4 is 4.74 Å². The molecule has 14 heavy (non-hydrogen) atoms. The summed E-state index contributed by atoms with van der Waals surface area (Å²) in [6.07, 6.45) is 0.740. The van der Waals surface area contributed by atoms with Crippen LogP contribution in [-0.4, -0.2) is 19.4 Å². The minimum Gasteiger partial charge on any atom is -0.504 e. The van der Waals surface area contributed by atoms with E-state index in [0.717, 1.165) is 11.8 Å². The molecule has 0 spiro atoms. The fraction of sp³-hybridized carbons (Fsp3) is 0.455. The van der Waals surface area contributed by atoms with E-state index >= 15 is 0 Å². The summed E-state index contributed by atoms with van der Waals surface area (Å²) < 4.78 is 5.59. The Bertz CT molecular complexity index is 316. The largest absolute Gasteiger partial charge is 0.504 e. The lowest BCUT2D eigenvalue weighted by Crippen LogP contribution is -2.30. The van der Waals surface area contributed by atoms with Crippen molar-refractivity contribution in [2.45, 2.75) is 26.6 Å². The summed E-state index contributed by atoms with van der Waals surface area (Å²) in [6, 6.07) is 5.58. The summed E-state index contributed by atoms with van der Waals surface area (Å²) in [5.74, 6) is 0.873. The molecule has 2 nitrogen and oxygen atoms in total. The van der Waals surface area contributed by atoms with Gasteiger partial charge < -0.3 is 9.84 Å². The van der Waals surface area contributed by atoms with Crippen molar-refractivity contribution in [3.05, 3.63) is 23.8 Å². The van der Waals surface area contributed by atoms with Gasteiger partial charge in [-0.1, -0.05) is 31.8 Å². The summed E-state index contributed by atoms with van der Waals surface area (Å²) in [7, 11) is -1.21.